The zero-order valence-electron chi connectivity index (χ0n) is 12.4. The van der Waals surface area contributed by atoms with Crippen molar-refractivity contribution in [3.63, 3.8) is 0 Å². The first-order chi connectivity index (χ1) is 10.2. The fourth-order valence-electron chi connectivity index (χ4n) is 2.11. The van der Waals surface area contributed by atoms with Crippen molar-refractivity contribution in [2.24, 2.45) is 0 Å². The third-order valence-corrected chi connectivity index (χ3v) is 3.84. The van der Waals surface area contributed by atoms with E-state index in [-0.39, 0.29) is 6.42 Å². The molecule has 1 aromatic carbocycles. The molecule has 1 rings (SSSR count). The van der Waals surface area contributed by atoms with Gasteiger partial charge in [-0.3, -0.25) is 4.79 Å². The molecule has 0 heterocycles. The Hall–Kier alpha value is -1.67. The Morgan fingerprint density at radius 2 is 1.95 bits per heavy atom. The van der Waals surface area contributed by atoms with Crippen LogP contribution in [0.5, 0.6) is 0 Å². The molecule has 0 amide bonds. The van der Waals surface area contributed by atoms with Crippen molar-refractivity contribution in [2.75, 3.05) is 18.0 Å². The lowest BCUT2D eigenvalue weighted by Gasteiger charge is -2.24. The Bertz CT molecular complexity index is 468. The van der Waals surface area contributed by atoms with Crippen LogP contribution in [0.15, 0.2) is 29.2 Å². The van der Waals surface area contributed by atoms with Crippen LogP contribution in [0.4, 0.5) is 5.69 Å². The van der Waals surface area contributed by atoms with E-state index in [0.717, 1.165) is 35.3 Å². The molecule has 21 heavy (non-hydrogen) atoms. The van der Waals surface area contributed by atoms with Gasteiger partial charge in [0, 0.05) is 23.7 Å². The number of carbonyl (C=O) groups is 1. The predicted octanol–water partition coefficient (Wildman–Crippen LogP) is 4.12. The Balaban J connectivity index is 2.64. The number of carboxylic acid groups (broad SMARTS) is 1. The Labute approximate surface area is 130 Å². The molecule has 114 valence electrons. The van der Waals surface area contributed by atoms with Gasteiger partial charge in [-0.15, -0.1) is 0 Å². The van der Waals surface area contributed by atoms with Gasteiger partial charge in [-0.25, -0.2) is 0 Å². The summed E-state index contributed by atoms with van der Waals surface area (Å²) in [6.45, 7) is 3.57. The summed E-state index contributed by atoms with van der Waals surface area (Å²) in [7, 11) is 0. The number of rotatable bonds is 10. The first-order valence-electron chi connectivity index (χ1n) is 7.30. The molecule has 0 spiro atoms. The van der Waals surface area contributed by atoms with Gasteiger partial charge in [-0.2, -0.15) is 5.26 Å². The molecule has 4 nitrogen and oxygen atoms in total. The zero-order chi connectivity index (χ0) is 15.5. The molecule has 5 heteroatoms. The van der Waals surface area contributed by atoms with Crippen molar-refractivity contribution in [2.45, 2.75) is 43.9 Å². The maximum Gasteiger partial charge on any atom is 0.305 e. The minimum absolute atomic E-state index is 0.141. The topological polar surface area (TPSA) is 64.3 Å². The second-order valence-electron chi connectivity index (χ2n) is 4.88. The van der Waals surface area contributed by atoms with Gasteiger partial charge in [0.05, 0.1) is 6.42 Å². The van der Waals surface area contributed by atoms with Crippen LogP contribution in [0.25, 0.3) is 0 Å². The van der Waals surface area contributed by atoms with Crippen LogP contribution < -0.4 is 4.90 Å². The largest absolute Gasteiger partial charge is 0.481 e. The van der Waals surface area contributed by atoms with Crippen LogP contribution >= 0.6 is 11.8 Å². The minimum Gasteiger partial charge on any atom is -0.481 e. The van der Waals surface area contributed by atoms with Crippen LogP contribution in [0.3, 0.4) is 0 Å². The second-order valence-corrected chi connectivity index (χ2v) is 5.74. The van der Waals surface area contributed by atoms with Gasteiger partial charge in [0.2, 0.25) is 0 Å². The summed E-state index contributed by atoms with van der Waals surface area (Å²) in [6.07, 6.45) is 4.78. The van der Waals surface area contributed by atoms with Crippen molar-refractivity contribution in [3.8, 4) is 5.40 Å². The number of thiocyanates is 1. The number of hydrogen-bond acceptors (Lipinski definition) is 4. The quantitative estimate of drug-likeness (QED) is 0.400. The molecular formula is C16H22N2O2S. The van der Waals surface area contributed by atoms with Crippen LogP contribution in [0.2, 0.25) is 0 Å². The first-order valence-corrected chi connectivity index (χ1v) is 8.11. The monoisotopic (exact) mass is 306 g/mol. The van der Waals surface area contributed by atoms with Crippen LogP contribution in [-0.2, 0) is 4.79 Å². The number of thioether (sulfide) groups is 1. The molecule has 0 saturated heterocycles. The number of nitriles is 1. The fourth-order valence-corrected chi connectivity index (χ4v) is 2.49. The number of aliphatic carboxylic acids is 1. The van der Waals surface area contributed by atoms with E-state index in [0.29, 0.717) is 6.54 Å². The standard InChI is InChI=1S/C16H22N2O2S/c1-2-3-4-5-11-18(12-10-16(19)20)14-6-8-15(9-7-14)21-13-17/h6-9H,2-5,10-12H2,1H3,(H,19,20). The molecule has 0 bridgehead atoms. The smallest absolute Gasteiger partial charge is 0.305 e. The average molecular weight is 306 g/mol. The zero-order valence-corrected chi connectivity index (χ0v) is 13.2. The van der Waals surface area contributed by atoms with Gasteiger partial charge in [0.1, 0.15) is 5.40 Å². The molecule has 0 fully saturated rings. The van der Waals surface area contributed by atoms with Crippen molar-refractivity contribution in [3.05, 3.63) is 24.3 Å². The molecule has 0 aliphatic carbocycles. The van der Waals surface area contributed by atoms with Gasteiger partial charge < -0.3 is 10.0 Å². The first kappa shape index (κ1) is 17.4. The van der Waals surface area contributed by atoms with Gasteiger partial charge in [-0.1, -0.05) is 26.2 Å². The summed E-state index contributed by atoms with van der Waals surface area (Å²) in [5.74, 6) is -0.773. The van der Waals surface area contributed by atoms with Gasteiger partial charge in [0.15, 0.2) is 0 Å². The summed E-state index contributed by atoms with van der Waals surface area (Å²) in [6, 6.07) is 7.73. The van der Waals surface area contributed by atoms with E-state index in [9.17, 15) is 4.79 Å². The summed E-state index contributed by atoms with van der Waals surface area (Å²) >= 11 is 1.13. The highest BCUT2D eigenvalue weighted by molar-refractivity contribution is 8.03. The second kappa shape index (κ2) is 10.1. The highest BCUT2D eigenvalue weighted by Gasteiger charge is 2.08. The van der Waals surface area contributed by atoms with Crippen molar-refractivity contribution >= 4 is 23.4 Å². The molecule has 0 unspecified atom stereocenters. The average Bonchev–Trinajstić information content (AvgIpc) is 2.48. The molecular weight excluding hydrogens is 284 g/mol. The third-order valence-electron chi connectivity index (χ3n) is 3.24. The third kappa shape index (κ3) is 7.05. The molecule has 1 aromatic rings. The SMILES string of the molecule is CCCCCCN(CCC(=O)O)c1ccc(SC#N)cc1. The van der Waals surface area contributed by atoms with Crippen molar-refractivity contribution in [1.82, 2.24) is 0 Å². The lowest BCUT2D eigenvalue weighted by atomic mass is 10.2. The highest BCUT2D eigenvalue weighted by Crippen LogP contribution is 2.22. The normalized spacial score (nSPS) is 10.1. The van der Waals surface area contributed by atoms with E-state index >= 15 is 0 Å². The Morgan fingerprint density at radius 3 is 2.52 bits per heavy atom. The van der Waals surface area contributed by atoms with E-state index in [1.807, 2.05) is 29.7 Å². The van der Waals surface area contributed by atoms with Crippen LogP contribution in [0, 0.1) is 10.7 Å². The molecule has 0 aliphatic rings. The summed E-state index contributed by atoms with van der Waals surface area (Å²) in [5.41, 5.74) is 1.02. The number of hydrogen-bond donors (Lipinski definition) is 1. The summed E-state index contributed by atoms with van der Waals surface area (Å²) in [5, 5.41) is 19.6. The number of unbranched alkanes of at least 4 members (excludes halogenated alkanes) is 3. The molecule has 0 aromatic heterocycles. The number of carboxylic acids is 1. The number of benzene rings is 1. The maximum atomic E-state index is 10.8. The molecule has 0 atom stereocenters. The van der Waals surface area contributed by atoms with Gasteiger partial charge in [-0.05, 0) is 42.4 Å². The molecule has 1 N–H and O–H groups in total. The van der Waals surface area contributed by atoms with E-state index in [2.05, 4.69) is 11.8 Å². The van der Waals surface area contributed by atoms with Crippen molar-refractivity contribution < 1.29 is 9.90 Å². The van der Waals surface area contributed by atoms with Crippen LogP contribution in [0.1, 0.15) is 39.0 Å². The van der Waals surface area contributed by atoms with E-state index in [4.69, 9.17) is 10.4 Å². The lowest BCUT2D eigenvalue weighted by molar-refractivity contribution is -0.136. The van der Waals surface area contributed by atoms with E-state index < -0.39 is 5.97 Å². The minimum atomic E-state index is -0.773. The fraction of sp³-hybridized carbons (Fsp3) is 0.500. The molecule has 0 radical (unpaired) electrons. The number of nitrogens with zero attached hydrogens (tertiary/aromatic N) is 2. The van der Waals surface area contributed by atoms with Gasteiger partial charge >= 0.3 is 5.97 Å². The van der Waals surface area contributed by atoms with Crippen molar-refractivity contribution in [1.29, 1.82) is 5.26 Å². The van der Waals surface area contributed by atoms with Gasteiger partial charge in [0.25, 0.3) is 0 Å². The summed E-state index contributed by atoms with van der Waals surface area (Å²) < 4.78 is 0. The Kier molecular flexibility index (Phi) is 8.37. The predicted molar refractivity (Wildman–Crippen MR) is 86.5 cm³/mol. The summed E-state index contributed by atoms with van der Waals surface area (Å²) in [4.78, 5) is 13.8. The highest BCUT2D eigenvalue weighted by atomic mass is 32.2. The van der Waals surface area contributed by atoms with E-state index in [1.165, 1.54) is 19.3 Å². The number of anilines is 1. The maximum absolute atomic E-state index is 10.8. The van der Waals surface area contributed by atoms with Crippen LogP contribution in [-0.4, -0.2) is 24.2 Å². The molecule has 0 aliphatic heterocycles. The Morgan fingerprint density at radius 1 is 1.24 bits per heavy atom. The lowest BCUT2D eigenvalue weighted by Crippen LogP contribution is -2.27. The van der Waals surface area contributed by atoms with E-state index in [1.54, 1.807) is 0 Å². The molecule has 0 saturated carbocycles.